The molecule has 0 aliphatic carbocycles. The van der Waals surface area contributed by atoms with Crippen LogP contribution in [0.1, 0.15) is 35.6 Å². The Balaban J connectivity index is 1.71. The van der Waals surface area contributed by atoms with Crippen molar-refractivity contribution in [3.8, 4) is 11.5 Å². The van der Waals surface area contributed by atoms with Crippen LogP contribution in [0.25, 0.3) is 11.1 Å². The molecule has 0 radical (unpaired) electrons. The maximum Gasteiger partial charge on any atom is 0.119 e. The van der Waals surface area contributed by atoms with E-state index >= 15 is 0 Å². The van der Waals surface area contributed by atoms with E-state index in [1.807, 2.05) is 60.7 Å². The first kappa shape index (κ1) is 24.6. The van der Waals surface area contributed by atoms with Crippen molar-refractivity contribution in [3.05, 3.63) is 130 Å². The number of rotatable bonds is 10. The van der Waals surface area contributed by atoms with Crippen molar-refractivity contribution >= 4 is 22.7 Å². The quantitative estimate of drug-likeness (QED) is 0.236. The molecular weight excluding hydrogens is 454 g/mol. The zero-order valence-corrected chi connectivity index (χ0v) is 20.7. The number of allylic oxidation sites excluding steroid dienone is 1. The minimum absolute atomic E-state index is 0.484. The molecule has 178 valence electrons. The Labute approximate surface area is 212 Å². The van der Waals surface area contributed by atoms with Gasteiger partial charge in [-0.2, -0.15) is 0 Å². The third-order valence-electron chi connectivity index (χ3n) is 5.78. The smallest absolute Gasteiger partial charge is 0.119 e. The molecule has 3 nitrogen and oxygen atoms in total. The lowest BCUT2D eigenvalue weighted by atomic mass is 9.88. The van der Waals surface area contributed by atoms with E-state index in [1.54, 1.807) is 0 Å². The Hall–Kier alpha value is -3.53. The van der Waals surface area contributed by atoms with Gasteiger partial charge in [0.2, 0.25) is 0 Å². The van der Waals surface area contributed by atoms with Crippen molar-refractivity contribution in [3.63, 3.8) is 0 Å². The Bertz CT molecular complexity index is 1250. The Morgan fingerprint density at radius 1 is 0.714 bits per heavy atom. The summed E-state index contributed by atoms with van der Waals surface area (Å²) in [5.41, 5.74) is 12.3. The van der Waals surface area contributed by atoms with Crippen molar-refractivity contribution in [1.29, 1.82) is 0 Å². The van der Waals surface area contributed by atoms with E-state index in [4.69, 9.17) is 26.8 Å². The number of benzene rings is 4. The van der Waals surface area contributed by atoms with E-state index in [0.29, 0.717) is 19.8 Å². The summed E-state index contributed by atoms with van der Waals surface area (Å²) < 4.78 is 11.7. The summed E-state index contributed by atoms with van der Waals surface area (Å²) in [4.78, 5) is 0. The van der Waals surface area contributed by atoms with Crippen LogP contribution in [0.2, 0.25) is 5.02 Å². The maximum absolute atomic E-state index is 6.64. The lowest BCUT2D eigenvalue weighted by molar-refractivity contribution is 0.306. The average Bonchev–Trinajstić information content (AvgIpc) is 2.91. The fourth-order valence-electron chi connectivity index (χ4n) is 4.08. The first-order valence-corrected chi connectivity index (χ1v) is 12.3. The van der Waals surface area contributed by atoms with Gasteiger partial charge in [-0.1, -0.05) is 91.3 Å². The van der Waals surface area contributed by atoms with Crippen LogP contribution >= 0.6 is 11.6 Å². The second-order valence-corrected chi connectivity index (χ2v) is 8.55. The second kappa shape index (κ2) is 12.3. The van der Waals surface area contributed by atoms with Gasteiger partial charge in [-0.15, -0.1) is 0 Å². The normalized spacial score (nSPS) is 11.6. The van der Waals surface area contributed by atoms with Crippen molar-refractivity contribution in [2.24, 2.45) is 5.73 Å². The molecule has 0 aliphatic heterocycles. The monoisotopic (exact) mass is 483 g/mol. The van der Waals surface area contributed by atoms with Crippen molar-refractivity contribution in [2.45, 2.75) is 20.0 Å². The largest absolute Gasteiger partial charge is 0.492 e. The molecular formula is C31H30ClNO2. The summed E-state index contributed by atoms with van der Waals surface area (Å²) in [6.07, 6.45) is 0.830. The summed E-state index contributed by atoms with van der Waals surface area (Å²) in [7, 11) is 0. The van der Waals surface area contributed by atoms with Gasteiger partial charge in [0.1, 0.15) is 24.7 Å². The summed E-state index contributed by atoms with van der Waals surface area (Å²) >= 11 is 6.64. The highest BCUT2D eigenvalue weighted by atomic mass is 35.5. The summed E-state index contributed by atoms with van der Waals surface area (Å²) in [5.74, 6) is 1.64. The first-order chi connectivity index (χ1) is 17.2. The predicted octanol–water partition coefficient (Wildman–Crippen LogP) is 7.63. The van der Waals surface area contributed by atoms with Gasteiger partial charge >= 0.3 is 0 Å². The first-order valence-electron chi connectivity index (χ1n) is 11.9. The standard InChI is InChI=1S/C31H30ClNO2/c1-2-28(29-10-6-7-11-30(29)32)31(24-12-16-26(17-13-24)34-21-20-33)25-14-18-27(19-15-25)35-22-23-8-4-3-5-9-23/h3-19H,2,20-22,33H2,1H3/b31-28+. The number of hydrogen-bond donors (Lipinski definition) is 1. The topological polar surface area (TPSA) is 44.5 Å². The van der Waals surface area contributed by atoms with Crippen molar-refractivity contribution < 1.29 is 9.47 Å². The fourth-order valence-corrected chi connectivity index (χ4v) is 4.33. The molecule has 4 aromatic rings. The molecule has 35 heavy (non-hydrogen) atoms. The lowest BCUT2D eigenvalue weighted by Crippen LogP contribution is -2.10. The van der Waals surface area contributed by atoms with Crippen LogP contribution in [0.3, 0.4) is 0 Å². The molecule has 0 bridgehead atoms. The molecule has 4 rings (SSSR count). The number of nitrogens with two attached hydrogens (primary N) is 1. The van der Waals surface area contributed by atoms with E-state index < -0.39 is 0 Å². The number of ether oxygens (including phenoxy) is 2. The third-order valence-corrected chi connectivity index (χ3v) is 6.10. The van der Waals surface area contributed by atoms with Crippen molar-refractivity contribution in [2.75, 3.05) is 13.2 Å². The molecule has 4 heteroatoms. The van der Waals surface area contributed by atoms with Gasteiger partial charge in [-0.25, -0.2) is 0 Å². The predicted molar refractivity (Wildman–Crippen MR) is 146 cm³/mol. The van der Waals surface area contributed by atoms with Gasteiger partial charge in [-0.3, -0.25) is 0 Å². The SMILES string of the molecule is CC/C(=C(/c1ccc(OCCN)cc1)c1ccc(OCc2ccccc2)cc1)c1ccccc1Cl. The van der Waals surface area contributed by atoms with Crippen LogP contribution < -0.4 is 15.2 Å². The van der Waals surface area contributed by atoms with E-state index in [9.17, 15) is 0 Å². The zero-order chi connectivity index (χ0) is 24.5. The van der Waals surface area contributed by atoms with Gasteiger partial charge in [0, 0.05) is 11.6 Å². The van der Waals surface area contributed by atoms with E-state index in [0.717, 1.165) is 50.8 Å². The molecule has 2 N–H and O–H groups in total. The molecule has 0 heterocycles. The van der Waals surface area contributed by atoms with Crippen molar-refractivity contribution in [1.82, 2.24) is 0 Å². The van der Waals surface area contributed by atoms with Gasteiger partial charge < -0.3 is 15.2 Å². The summed E-state index contributed by atoms with van der Waals surface area (Å²) in [6.45, 7) is 3.67. The molecule has 0 amide bonds. The molecule has 0 fully saturated rings. The molecule has 0 aromatic heterocycles. The molecule has 4 aromatic carbocycles. The Kier molecular flexibility index (Phi) is 8.61. The maximum atomic E-state index is 6.64. The Morgan fingerprint density at radius 3 is 1.86 bits per heavy atom. The van der Waals surface area contributed by atoms with Gasteiger partial charge in [-0.05, 0) is 70.2 Å². The van der Waals surface area contributed by atoms with Gasteiger partial charge in [0.05, 0.1) is 0 Å². The highest BCUT2D eigenvalue weighted by Gasteiger charge is 2.15. The fraction of sp³-hybridized carbons (Fsp3) is 0.161. The molecule has 0 unspecified atom stereocenters. The van der Waals surface area contributed by atoms with Gasteiger partial charge in [0.25, 0.3) is 0 Å². The van der Waals surface area contributed by atoms with Crippen LogP contribution in [0.4, 0.5) is 0 Å². The second-order valence-electron chi connectivity index (χ2n) is 8.15. The minimum Gasteiger partial charge on any atom is -0.492 e. The lowest BCUT2D eigenvalue weighted by Gasteiger charge is -2.18. The molecule has 0 spiro atoms. The Morgan fingerprint density at radius 2 is 1.29 bits per heavy atom. The van der Waals surface area contributed by atoms with Crippen LogP contribution in [0.5, 0.6) is 11.5 Å². The average molecular weight is 484 g/mol. The van der Waals surface area contributed by atoms with Gasteiger partial charge in [0.15, 0.2) is 0 Å². The summed E-state index contributed by atoms with van der Waals surface area (Å²) in [5, 5.41) is 0.743. The van der Waals surface area contributed by atoms with E-state index in [1.165, 1.54) is 5.57 Å². The van der Waals surface area contributed by atoms with Crippen LogP contribution in [-0.4, -0.2) is 13.2 Å². The number of halogens is 1. The van der Waals surface area contributed by atoms with Crippen LogP contribution in [0, 0.1) is 0 Å². The number of hydrogen-bond acceptors (Lipinski definition) is 3. The summed E-state index contributed by atoms with van der Waals surface area (Å²) in [6, 6.07) is 34.6. The zero-order valence-electron chi connectivity index (χ0n) is 19.9. The third kappa shape index (κ3) is 6.33. The van der Waals surface area contributed by atoms with Crippen LogP contribution in [-0.2, 0) is 6.61 Å². The molecule has 0 aliphatic rings. The molecule has 0 atom stereocenters. The van der Waals surface area contributed by atoms with E-state index in [2.05, 4.69) is 49.4 Å². The molecule has 0 saturated carbocycles. The van der Waals surface area contributed by atoms with Crippen LogP contribution in [0.15, 0.2) is 103 Å². The molecule has 0 saturated heterocycles. The highest BCUT2D eigenvalue weighted by Crippen LogP contribution is 2.38. The minimum atomic E-state index is 0.484. The highest BCUT2D eigenvalue weighted by molar-refractivity contribution is 6.32. The van der Waals surface area contributed by atoms with E-state index in [-0.39, 0.29) is 0 Å².